The lowest BCUT2D eigenvalue weighted by atomic mass is 10.3. The van der Waals surface area contributed by atoms with Crippen LogP contribution < -0.4 is 10.1 Å². The van der Waals surface area contributed by atoms with E-state index in [1.807, 2.05) is 18.2 Å². The summed E-state index contributed by atoms with van der Waals surface area (Å²) in [6, 6.07) is 11.3. The predicted molar refractivity (Wildman–Crippen MR) is 95.2 cm³/mol. The molecule has 1 aromatic heterocycles. The third-order valence-electron chi connectivity index (χ3n) is 3.28. The van der Waals surface area contributed by atoms with Gasteiger partial charge in [-0.3, -0.25) is 9.69 Å². The number of amides is 1. The first kappa shape index (κ1) is 17.8. The van der Waals surface area contributed by atoms with Gasteiger partial charge in [-0.2, -0.15) is 0 Å². The topological polar surface area (TPSA) is 41.6 Å². The SMILES string of the molecule is CCN(CC(=O)NCCOc1ccc(Cl)cc1)Cc1cccs1. The number of thiophene rings is 1. The number of benzene rings is 1. The molecule has 1 heterocycles. The van der Waals surface area contributed by atoms with Crippen LogP contribution in [0.4, 0.5) is 0 Å². The highest BCUT2D eigenvalue weighted by molar-refractivity contribution is 7.09. The van der Waals surface area contributed by atoms with E-state index in [2.05, 4.69) is 28.6 Å². The second-order valence-corrected chi connectivity index (χ2v) is 6.50. The average molecular weight is 353 g/mol. The molecule has 1 amide bonds. The van der Waals surface area contributed by atoms with E-state index in [9.17, 15) is 4.79 Å². The Balaban J connectivity index is 1.64. The van der Waals surface area contributed by atoms with Crippen LogP contribution in [0.1, 0.15) is 11.8 Å². The molecular weight excluding hydrogens is 332 g/mol. The Morgan fingerprint density at radius 1 is 1.30 bits per heavy atom. The summed E-state index contributed by atoms with van der Waals surface area (Å²) < 4.78 is 5.54. The van der Waals surface area contributed by atoms with Crippen LogP contribution >= 0.6 is 22.9 Å². The maximum Gasteiger partial charge on any atom is 0.234 e. The Morgan fingerprint density at radius 2 is 2.09 bits per heavy atom. The first-order valence-corrected chi connectivity index (χ1v) is 8.83. The van der Waals surface area contributed by atoms with Crippen molar-refractivity contribution in [2.75, 3.05) is 26.2 Å². The number of halogens is 1. The van der Waals surface area contributed by atoms with Crippen molar-refractivity contribution < 1.29 is 9.53 Å². The number of nitrogens with zero attached hydrogens (tertiary/aromatic N) is 1. The molecule has 1 aromatic carbocycles. The summed E-state index contributed by atoms with van der Waals surface area (Å²) in [6.07, 6.45) is 0. The first-order chi connectivity index (χ1) is 11.2. The largest absolute Gasteiger partial charge is 0.492 e. The van der Waals surface area contributed by atoms with Crippen molar-refractivity contribution in [1.82, 2.24) is 10.2 Å². The molecule has 0 aliphatic carbocycles. The van der Waals surface area contributed by atoms with Crippen LogP contribution in [0.2, 0.25) is 5.02 Å². The summed E-state index contributed by atoms with van der Waals surface area (Å²) in [5.74, 6) is 0.764. The number of carbonyl (C=O) groups excluding carboxylic acids is 1. The van der Waals surface area contributed by atoms with Crippen LogP contribution in [0.25, 0.3) is 0 Å². The van der Waals surface area contributed by atoms with E-state index in [1.54, 1.807) is 23.5 Å². The van der Waals surface area contributed by atoms with Gasteiger partial charge >= 0.3 is 0 Å². The lowest BCUT2D eigenvalue weighted by Crippen LogP contribution is -2.38. The van der Waals surface area contributed by atoms with Crippen molar-refractivity contribution in [3.63, 3.8) is 0 Å². The molecule has 1 N–H and O–H groups in total. The number of hydrogen-bond acceptors (Lipinski definition) is 4. The van der Waals surface area contributed by atoms with Gasteiger partial charge < -0.3 is 10.1 Å². The number of hydrogen-bond donors (Lipinski definition) is 1. The lowest BCUT2D eigenvalue weighted by molar-refractivity contribution is -0.122. The zero-order chi connectivity index (χ0) is 16.5. The molecule has 2 aromatic rings. The molecule has 0 unspecified atom stereocenters. The van der Waals surface area contributed by atoms with Gasteiger partial charge in [-0.05, 0) is 42.3 Å². The van der Waals surface area contributed by atoms with Gasteiger partial charge in [0.25, 0.3) is 0 Å². The van der Waals surface area contributed by atoms with Crippen LogP contribution in [0.15, 0.2) is 41.8 Å². The molecule has 0 fully saturated rings. The molecule has 4 nitrogen and oxygen atoms in total. The van der Waals surface area contributed by atoms with Crippen LogP contribution in [-0.2, 0) is 11.3 Å². The highest BCUT2D eigenvalue weighted by atomic mass is 35.5. The maximum atomic E-state index is 12.0. The number of carbonyl (C=O) groups is 1. The molecular formula is C17H21ClN2O2S. The van der Waals surface area contributed by atoms with Crippen LogP contribution in [0, 0.1) is 0 Å². The summed E-state index contributed by atoms with van der Waals surface area (Å²) >= 11 is 7.52. The van der Waals surface area contributed by atoms with E-state index >= 15 is 0 Å². The molecule has 0 aliphatic heterocycles. The fourth-order valence-corrected chi connectivity index (χ4v) is 2.92. The van der Waals surface area contributed by atoms with Gasteiger partial charge in [0, 0.05) is 16.4 Å². The Kier molecular flexibility index (Phi) is 7.39. The van der Waals surface area contributed by atoms with E-state index in [-0.39, 0.29) is 5.91 Å². The monoisotopic (exact) mass is 352 g/mol. The molecule has 0 saturated heterocycles. The first-order valence-electron chi connectivity index (χ1n) is 7.57. The standard InChI is InChI=1S/C17H21ClN2O2S/c1-2-20(12-16-4-3-11-23-16)13-17(21)19-9-10-22-15-7-5-14(18)6-8-15/h3-8,11H,2,9-10,12-13H2,1H3,(H,19,21). The number of ether oxygens (including phenoxy) is 1. The summed E-state index contributed by atoms with van der Waals surface area (Å²) in [7, 11) is 0. The van der Waals surface area contributed by atoms with Crippen molar-refractivity contribution >= 4 is 28.8 Å². The molecule has 0 bridgehead atoms. The van der Waals surface area contributed by atoms with E-state index in [1.165, 1.54) is 4.88 Å². The van der Waals surface area contributed by atoms with Crippen LogP contribution in [-0.4, -0.2) is 37.0 Å². The predicted octanol–water partition coefficient (Wildman–Crippen LogP) is 3.42. The maximum absolute atomic E-state index is 12.0. The van der Waals surface area contributed by atoms with E-state index in [0.717, 1.165) is 18.8 Å². The van der Waals surface area contributed by atoms with Crippen molar-refractivity contribution in [1.29, 1.82) is 0 Å². The molecule has 23 heavy (non-hydrogen) atoms. The van der Waals surface area contributed by atoms with Crippen molar-refractivity contribution in [2.24, 2.45) is 0 Å². The van der Waals surface area contributed by atoms with Gasteiger partial charge in [-0.15, -0.1) is 11.3 Å². The molecule has 6 heteroatoms. The van der Waals surface area contributed by atoms with Gasteiger partial charge in [-0.25, -0.2) is 0 Å². The van der Waals surface area contributed by atoms with E-state index in [4.69, 9.17) is 16.3 Å². The van der Waals surface area contributed by atoms with Crippen molar-refractivity contribution in [2.45, 2.75) is 13.5 Å². The summed E-state index contributed by atoms with van der Waals surface area (Å²) in [5, 5.41) is 5.61. The quantitative estimate of drug-likeness (QED) is 0.703. The number of likely N-dealkylation sites (N-methyl/N-ethyl adjacent to an activating group) is 1. The zero-order valence-electron chi connectivity index (χ0n) is 13.1. The van der Waals surface area contributed by atoms with Crippen molar-refractivity contribution in [3.8, 4) is 5.75 Å². The fraction of sp³-hybridized carbons (Fsp3) is 0.353. The average Bonchev–Trinajstić information content (AvgIpc) is 3.05. The summed E-state index contributed by atoms with van der Waals surface area (Å²) in [4.78, 5) is 15.4. The molecule has 124 valence electrons. The van der Waals surface area contributed by atoms with E-state index in [0.29, 0.717) is 24.7 Å². The second kappa shape index (κ2) is 9.55. The van der Waals surface area contributed by atoms with Gasteiger partial charge in [0.15, 0.2) is 0 Å². The van der Waals surface area contributed by atoms with Crippen LogP contribution in [0.5, 0.6) is 5.75 Å². The van der Waals surface area contributed by atoms with Gasteiger partial charge in [0.05, 0.1) is 13.1 Å². The lowest BCUT2D eigenvalue weighted by Gasteiger charge is -2.19. The smallest absolute Gasteiger partial charge is 0.234 e. The van der Waals surface area contributed by atoms with Gasteiger partial charge in [0.2, 0.25) is 5.91 Å². The van der Waals surface area contributed by atoms with Gasteiger partial charge in [0.1, 0.15) is 12.4 Å². The normalized spacial score (nSPS) is 10.7. The highest BCUT2D eigenvalue weighted by Gasteiger charge is 2.09. The summed E-state index contributed by atoms with van der Waals surface area (Å²) in [6.45, 7) is 5.03. The Morgan fingerprint density at radius 3 is 2.74 bits per heavy atom. The van der Waals surface area contributed by atoms with Crippen LogP contribution in [0.3, 0.4) is 0 Å². The van der Waals surface area contributed by atoms with E-state index < -0.39 is 0 Å². The number of nitrogens with one attached hydrogen (secondary N) is 1. The third-order valence-corrected chi connectivity index (χ3v) is 4.39. The zero-order valence-corrected chi connectivity index (χ0v) is 14.7. The molecule has 2 rings (SSSR count). The Bertz CT molecular complexity index is 587. The minimum Gasteiger partial charge on any atom is -0.492 e. The Labute approximate surface area is 146 Å². The minimum atomic E-state index is 0.0168. The fourth-order valence-electron chi connectivity index (χ4n) is 2.05. The second-order valence-electron chi connectivity index (χ2n) is 5.03. The Hall–Kier alpha value is -1.56. The number of rotatable bonds is 9. The van der Waals surface area contributed by atoms with Crippen molar-refractivity contribution in [3.05, 3.63) is 51.7 Å². The molecule has 0 radical (unpaired) electrons. The highest BCUT2D eigenvalue weighted by Crippen LogP contribution is 2.15. The third kappa shape index (κ3) is 6.60. The van der Waals surface area contributed by atoms with Gasteiger partial charge in [-0.1, -0.05) is 24.6 Å². The molecule has 0 atom stereocenters. The summed E-state index contributed by atoms with van der Waals surface area (Å²) in [5.41, 5.74) is 0. The molecule has 0 spiro atoms. The molecule has 0 aliphatic rings. The minimum absolute atomic E-state index is 0.0168. The molecule has 0 saturated carbocycles.